The lowest BCUT2D eigenvalue weighted by atomic mass is 10.3. The second kappa shape index (κ2) is 4.10. The number of carboxylic acid groups (broad SMARTS) is 1. The largest absolute Gasteiger partial charge is 0.478 e. The Labute approximate surface area is 117 Å². The summed E-state index contributed by atoms with van der Waals surface area (Å²) in [6, 6.07) is 1.51. The van der Waals surface area contributed by atoms with Crippen LogP contribution in [0, 0.1) is 0 Å². The minimum atomic E-state index is -1.03. The highest BCUT2D eigenvalue weighted by atomic mass is 16.4. The van der Waals surface area contributed by atoms with Crippen molar-refractivity contribution in [2.75, 3.05) is 0 Å². The molecular weight excluding hydrogens is 272 g/mol. The van der Waals surface area contributed by atoms with Crippen LogP contribution in [0.15, 0.2) is 37.1 Å². The van der Waals surface area contributed by atoms with E-state index in [0.29, 0.717) is 17.0 Å². The van der Waals surface area contributed by atoms with Crippen LogP contribution in [0.2, 0.25) is 0 Å². The number of pyridine rings is 1. The maximum absolute atomic E-state index is 11.0. The van der Waals surface area contributed by atoms with Gasteiger partial charge in [0.1, 0.15) is 5.82 Å². The highest BCUT2D eigenvalue weighted by Crippen LogP contribution is 2.23. The van der Waals surface area contributed by atoms with Crippen molar-refractivity contribution in [3.8, 4) is 11.4 Å². The third-order valence-corrected chi connectivity index (χ3v) is 3.16. The molecule has 4 aromatic heterocycles. The van der Waals surface area contributed by atoms with E-state index >= 15 is 0 Å². The van der Waals surface area contributed by atoms with Gasteiger partial charge >= 0.3 is 5.97 Å². The second-order valence-corrected chi connectivity index (χ2v) is 4.45. The molecule has 21 heavy (non-hydrogen) atoms. The monoisotopic (exact) mass is 280 g/mol. The van der Waals surface area contributed by atoms with Gasteiger partial charge in [0.2, 0.25) is 0 Å². The minimum absolute atomic E-state index is 0.110. The zero-order chi connectivity index (χ0) is 14.4. The van der Waals surface area contributed by atoms with Crippen LogP contribution in [-0.4, -0.2) is 40.6 Å². The number of nitrogens with zero attached hydrogens (tertiary/aromatic N) is 5. The van der Waals surface area contributed by atoms with Gasteiger partial charge in [0.15, 0.2) is 5.65 Å². The van der Waals surface area contributed by atoms with Gasteiger partial charge in [-0.15, -0.1) is 0 Å². The lowest BCUT2D eigenvalue weighted by Gasteiger charge is -1.93. The van der Waals surface area contributed by atoms with Crippen LogP contribution in [0.4, 0.5) is 0 Å². The molecule has 0 aliphatic heterocycles. The summed E-state index contributed by atoms with van der Waals surface area (Å²) in [6.45, 7) is 0. The topological polar surface area (TPSA) is 109 Å². The van der Waals surface area contributed by atoms with Crippen molar-refractivity contribution in [3.63, 3.8) is 0 Å². The van der Waals surface area contributed by atoms with E-state index < -0.39 is 5.97 Å². The van der Waals surface area contributed by atoms with Crippen molar-refractivity contribution in [1.29, 1.82) is 0 Å². The van der Waals surface area contributed by atoms with Crippen molar-refractivity contribution >= 4 is 22.6 Å². The number of rotatable bonds is 2. The van der Waals surface area contributed by atoms with E-state index in [1.165, 1.54) is 12.3 Å². The number of aromatic nitrogens is 6. The molecule has 0 aromatic carbocycles. The van der Waals surface area contributed by atoms with Gasteiger partial charge in [-0.3, -0.25) is 4.98 Å². The Morgan fingerprint density at radius 1 is 1.29 bits per heavy atom. The third-order valence-electron chi connectivity index (χ3n) is 3.16. The molecule has 0 amide bonds. The maximum atomic E-state index is 11.0. The number of aromatic amines is 1. The summed E-state index contributed by atoms with van der Waals surface area (Å²) >= 11 is 0. The van der Waals surface area contributed by atoms with E-state index in [2.05, 4.69) is 25.0 Å². The molecule has 4 rings (SSSR count). The van der Waals surface area contributed by atoms with Gasteiger partial charge < -0.3 is 10.1 Å². The van der Waals surface area contributed by atoms with E-state index in [0.717, 1.165) is 11.1 Å². The Bertz CT molecular complexity index is 987. The molecular formula is C13H8N6O2. The van der Waals surface area contributed by atoms with Crippen LogP contribution in [0.25, 0.3) is 28.1 Å². The number of aromatic carboxylic acids is 1. The number of H-pyrrole nitrogens is 1. The van der Waals surface area contributed by atoms with Crippen molar-refractivity contribution < 1.29 is 9.90 Å². The Morgan fingerprint density at radius 3 is 3.05 bits per heavy atom. The van der Waals surface area contributed by atoms with E-state index in [9.17, 15) is 4.79 Å². The summed E-state index contributed by atoms with van der Waals surface area (Å²) in [6.07, 6.45) is 8.02. The number of fused-ring (bicyclic) bond motifs is 2. The van der Waals surface area contributed by atoms with Crippen molar-refractivity contribution in [2.45, 2.75) is 0 Å². The van der Waals surface area contributed by atoms with Crippen LogP contribution in [0.1, 0.15) is 10.4 Å². The predicted octanol–water partition coefficient (Wildman–Crippen LogP) is 1.37. The predicted molar refractivity (Wildman–Crippen MR) is 72.8 cm³/mol. The van der Waals surface area contributed by atoms with Gasteiger partial charge in [-0.1, -0.05) is 0 Å². The molecule has 0 radical (unpaired) electrons. The smallest absolute Gasteiger partial charge is 0.337 e. The van der Waals surface area contributed by atoms with Crippen molar-refractivity contribution in [3.05, 3.63) is 42.6 Å². The Hall–Kier alpha value is -3.29. The standard InChI is InChI=1S/C13H8N6O2/c20-13(21)7-3-9-12(15-4-7)18-11(17-9)8-5-16-19-2-1-14-6-10(8)19/h1-6H,(H,20,21)(H,15,17,18). The third kappa shape index (κ3) is 1.73. The van der Waals surface area contributed by atoms with Crippen LogP contribution < -0.4 is 0 Å². The quantitative estimate of drug-likeness (QED) is 0.574. The first kappa shape index (κ1) is 11.5. The van der Waals surface area contributed by atoms with Gasteiger partial charge in [-0.25, -0.2) is 19.3 Å². The first-order valence-electron chi connectivity index (χ1n) is 6.09. The van der Waals surface area contributed by atoms with Crippen LogP contribution >= 0.6 is 0 Å². The van der Waals surface area contributed by atoms with Crippen LogP contribution in [-0.2, 0) is 0 Å². The first-order chi connectivity index (χ1) is 10.2. The second-order valence-electron chi connectivity index (χ2n) is 4.45. The van der Waals surface area contributed by atoms with Gasteiger partial charge in [0, 0.05) is 18.6 Å². The number of hydrogen-bond acceptors (Lipinski definition) is 5. The average molecular weight is 280 g/mol. The summed E-state index contributed by atoms with van der Waals surface area (Å²) < 4.78 is 1.69. The lowest BCUT2D eigenvalue weighted by molar-refractivity contribution is 0.0696. The van der Waals surface area contributed by atoms with E-state index in [4.69, 9.17) is 5.11 Å². The fourth-order valence-corrected chi connectivity index (χ4v) is 2.16. The zero-order valence-electron chi connectivity index (χ0n) is 10.6. The summed E-state index contributed by atoms with van der Waals surface area (Å²) in [4.78, 5) is 26.5. The fourth-order valence-electron chi connectivity index (χ4n) is 2.16. The van der Waals surface area contributed by atoms with Crippen LogP contribution in [0.5, 0.6) is 0 Å². The molecule has 0 saturated heterocycles. The first-order valence-corrected chi connectivity index (χ1v) is 6.09. The number of carbonyl (C=O) groups is 1. The normalized spacial score (nSPS) is 11.2. The molecule has 0 saturated carbocycles. The molecule has 0 unspecified atom stereocenters. The Morgan fingerprint density at radius 2 is 2.19 bits per heavy atom. The summed E-state index contributed by atoms with van der Waals surface area (Å²) in [5.41, 5.74) is 2.71. The molecule has 0 atom stereocenters. The maximum Gasteiger partial charge on any atom is 0.337 e. The molecule has 8 heteroatoms. The minimum Gasteiger partial charge on any atom is -0.478 e. The number of carboxylic acids is 1. The van der Waals surface area contributed by atoms with Gasteiger partial charge in [0.05, 0.1) is 34.6 Å². The molecule has 4 aromatic rings. The number of nitrogens with one attached hydrogen (secondary N) is 1. The van der Waals surface area contributed by atoms with Gasteiger partial charge in [0.25, 0.3) is 0 Å². The fraction of sp³-hybridized carbons (Fsp3) is 0. The summed E-state index contributed by atoms with van der Waals surface area (Å²) in [5.74, 6) is -0.455. The highest BCUT2D eigenvalue weighted by molar-refractivity contribution is 5.91. The van der Waals surface area contributed by atoms with Crippen molar-refractivity contribution in [1.82, 2.24) is 29.5 Å². The lowest BCUT2D eigenvalue weighted by Crippen LogP contribution is -1.96. The van der Waals surface area contributed by atoms with E-state index in [-0.39, 0.29) is 5.56 Å². The average Bonchev–Trinajstić information content (AvgIpc) is 3.09. The molecule has 0 bridgehead atoms. The molecule has 2 N–H and O–H groups in total. The molecule has 102 valence electrons. The van der Waals surface area contributed by atoms with Crippen molar-refractivity contribution in [2.24, 2.45) is 0 Å². The molecule has 0 aliphatic carbocycles. The molecule has 0 aliphatic rings. The highest BCUT2D eigenvalue weighted by Gasteiger charge is 2.13. The SMILES string of the molecule is O=C(O)c1cnc2nc(-c3cnn4ccncc34)[nH]c2c1. The van der Waals surface area contributed by atoms with Crippen LogP contribution in [0.3, 0.4) is 0 Å². The van der Waals surface area contributed by atoms with Gasteiger partial charge in [-0.05, 0) is 6.07 Å². The molecule has 0 spiro atoms. The Kier molecular flexibility index (Phi) is 2.25. The van der Waals surface area contributed by atoms with E-state index in [1.54, 1.807) is 29.3 Å². The zero-order valence-corrected chi connectivity index (χ0v) is 10.6. The number of imidazole rings is 1. The van der Waals surface area contributed by atoms with E-state index in [1.807, 2.05) is 0 Å². The summed E-state index contributed by atoms with van der Waals surface area (Å²) in [7, 11) is 0. The number of hydrogen-bond donors (Lipinski definition) is 2. The summed E-state index contributed by atoms with van der Waals surface area (Å²) in [5, 5.41) is 13.2. The molecule has 8 nitrogen and oxygen atoms in total. The molecule has 4 heterocycles. The molecule has 0 fully saturated rings. The Balaban J connectivity index is 1.92. The van der Waals surface area contributed by atoms with Gasteiger partial charge in [-0.2, -0.15) is 5.10 Å².